The number of nitrogens with one attached hydrogen (secondary N) is 2. The number of alkyl halides is 3. The first-order valence-corrected chi connectivity index (χ1v) is 10.6. The molecule has 0 aliphatic carbocycles. The highest BCUT2D eigenvalue weighted by Crippen LogP contribution is 2.36. The summed E-state index contributed by atoms with van der Waals surface area (Å²) in [4.78, 5) is 31.6. The summed E-state index contributed by atoms with van der Waals surface area (Å²) in [6.45, 7) is 2.95. The lowest BCUT2D eigenvalue weighted by Gasteiger charge is -2.12. The molecule has 0 radical (unpaired) electrons. The van der Waals surface area contributed by atoms with Crippen LogP contribution in [0, 0.1) is 18.3 Å². The van der Waals surface area contributed by atoms with Crippen LogP contribution in [0.5, 0.6) is 0 Å². The number of fused-ring (bicyclic) bond motifs is 1. The minimum atomic E-state index is -4.73. The molecule has 0 bridgehead atoms. The molecule has 0 spiro atoms. The third kappa shape index (κ3) is 4.74. The average Bonchev–Trinajstić information content (AvgIpc) is 3.44. The molecule has 36 heavy (non-hydrogen) atoms. The summed E-state index contributed by atoms with van der Waals surface area (Å²) in [6.07, 6.45) is 1.20. The van der Waals surface area contributed by atoms with Crippen LogP contribution in [-0.4, -0.2) is 42.4 Å². The fourth-order valence-electron chi connectivity index (χ4n) is 3.63. The molecule has 3 heterocycles. The third-order valence-corrected chi connectivity index (χ3v) is 5.26. The second kappa shape index (κ2) is 9.49. The van der Waals surface area contributed by atoms with Crippen molar-refractivity contribution < 1.29 is 22.8 Å². The quantitative estimate of drug-likeness (QED) is 0.375. The maximum atomic E-state index is 13.6. The van der Waals surface area contributed by atoms with Crippen LogP contribution in [0.2, 0.25) is 0 Å². The lowest BCUT2D eigenvalue weighted by atomic mass is 10.1. The highest BCUT2D eigenvalue weighted by Gasteiger charge is 2.38. The van der Waals surface area contributed by atoms with Gasteiger partial charge >= 0.3 is 6.18 Å². The van der Waals surface area contributed by atoms with Crippen LogP contribution < -0.4 is 10.6 Å². The summed E-state index contributed by atoms with van der Waals surface area (Å²) in [5, 5.41) is 18.0. The number of carbonyl (C=O) groups is 2. The van der Waals surface area contributed by atoms with Crippen LogP contribution >= 0.6 is 0 Å². The molecule has 184 valence electrons. The molecule has 4 aromatic rings. The summed E-state index contributed by atoms with van der Waals surface area (Å²) in [5.74, 6) is -0.123. The molecule has 3 aromatic heterocycles. The van der Waals surface area contributed by atoms with Gasteiger partial charge in [-0.1, -0.05) is 0 Å². The fourth-order valence-corrected chi connectivity index (χ4v) is 3.63. The van der Waals surface area contributed by atoms with Crippen molar-refractivity contribution in [1.29, 1.82) is 5.26 Å². The number of nitriles is 1. The van der Waals surface area contributed by atoms with Crippen molar-refractivity contribution in [2.45, 2.75) is 32.6 Å². The van der Waals surface area contributed by atoms with Gasteiger partial charge in [-0.05, 0) is 37.6 Å². The number of amides is 1. The number of imidazole rings is 1. The van der Waals surface area contributed by atoms with Crippen LogP contribution in [0.15, 0.2) is 43.0 Å². The standard InChI is InChI=1S/C23H19F3N8O2/c1-13-9-15(3-4-16(13)22(36)30-14(2)12-35)31-20-21-29-10-18(34(21)8-6-28-20)17-11-33(7-5-27)32-19(17)23(24,25)26/h3-4,6,8-12,14H,7H2,1-2H3,(H,28,31)(H,30,36). The van der Waals surface area contributed by atoms with Crippen LogP contribution in [0.25, 0.3) is 16.9 Å². The molecule has 1 atom stereocenters. The first-order chi connectivity index (χ1) is 17.1. The Morgan fingerprint density at radius 2 is 2.08 bits per heavy atom. The molecular weight excluding hydrogens is 477 g/mol. The van der Waals surface area contributed by atoms with Gasteiger partial charge in [0.1, 0.15) is 12.8 Å². The minimum Gasteiger partial charge on any atom is -0.343 e. The maximum absolute atomic E-state index is 13.6. The zero-order chi connectivity index (χ0) is 26.0. The Hall–Kier alpha value is -4.73. The van der Waals surface area contributed by atoms with Gasteiger partial charge in [-0.15, -0.1) is 0 Å². The topological polar surface area (TPSA) is 130 Å². The Bertz CT molecular complexity index is 1500. The number of rotatable bonds is 7. The Balaban J connectivity index is 1.68. The van der Waals surface area contributed by atoms with Crippen molar-refractivity contribution in [3.05, 3.63) is 59.8 Å². The second-order valence-electron chi connectivity index (χ2n) is 7.91. The monoisotopic (exact) mass is 496 g/mol. The molecule has 0 aliphatic rings. The predicted octanol–water partition coefficient (Wildman–Crippen LogP) is 3.50. The molecule has 1 aromatic carbocycles. The van der Waals surface area contributed by atoms with E-state index in [1.54, 1.807) is 38.1 Å². The number of hydrogen-bond acceptors (Lipinski definition) is 7. The van der Waals surface area contributed by atoms with E-state index < -0.39 is 23.8 Å². The van der Waals surface area contributed by atoms with E-state index in [0.717, 1.165) is 10.9 Å². The highest BCUT2D eigenvalue weighted by molar-refractivity contribution is 5.97. The van der Waals surface area contributed by atoms with Gasteiger partial charge in [-0.2, -0.15) is 23.5 Å². The summed E-state index contributed by atoms with van der Waals surface area (Å²) in [7, 11) is 0. The SMILES string of the molecule is Cc1cc(Nc2nccn3c(-c4cn(CC#N)nc4C(F)(F)F)cnc23)ccc1C(=O)NC(C)C=O. The molecule has 0 fully saturated rings. The first kappa shape index (κ1) is 24.4. The number of carbonyl (C=O) groups excluding carboxylic acids is 2. The van der Waals surface area contributed by atoms with E-state index in [2.05, 4.69) is 25.7 Å². The van der Waals surface area contributed by atoms with Gasteiger partial charge in [0.25, 0.3) is 5.91 Å². The van der Waals surface area contributed by atoms with Crippen LogP contribution in [-0.2, 0) is 17.5 Å². The molecule has 13 heteroatoms. The smallest absolute Gasteiger partial charge is 0.343 e. The molecule has 1 unspecified atom stereocenters. The molecule has 2 N–H and O–H groups in total. The van der Waals surface area contributed by atoms with E-state index in [0.29, 0.717) is 23.1 Å². The van der Waals surface area contributed by atoms with Crippen molar-refractivity contribution in [3.63, 3.8) is 0 Å². The Kier molecular flexibility index (Phi) is 6.43. The van der Waals surface area contributed by atoms with E-state index in [1.165, 1.54) is 23.0 Å². The van der Waals surface area contributed by atoms with Gasteiger partial charge < -0.3 is 15.4 Å². The van der Waals surface area contributed by atoms with Gasteiger partial charge in [0.15, 0.2) is 17.2 Å². The Morgan fingerprint density at radius 3 is 2.75 bits per heavy atom. The van der Waals surface area contributed by atoms with Crippen molar-refractivity contribution in [1.82, 2.24) is 29.5 Å². The zero-order valence-corrected chi connectivity index (χ0v) is 19.0. The number of hydrogen-bond donors (Lipinski definition) is 2. The minimum absolute atomic E-state index is 0.125. The van der Waals surface area contributed by atoms with E-state index in [9.17, 15) is 22.8 Å². The fraction of sp³-hybridized carbons (Fsp3) is 0.217. The molecule has 10 nitrogen and oxygen atoms in total. The van der Waals surface area contributed by atoms with Crippen LogP contribution in [0.3, 0.4) is 0 Å². The van der Waals surface area contributed by atoms with E-state index in [1.807, 2.05) is 0 Å². The molecular formula is C23H19F3N8O2. The normalized spacial score (nSPS) is 12.2. The van der Waals surface area contributed by atoms with Crippen molar-refractivity contribution in [3.8, 4) is 17.3 Å². The van der Waals surface area contributed by atoms with Gasteiger partial charge in [-0.25, -0.2) is 9.97 Å². The number of aryl methyl sites for hydroxylation is 1. The zero-order valence-electron chi connectivity index (χ0n) is 19.0. The number of nitrogens with zero attached hydrogens (tertiary/aromatic N) is 6. The Morgan fingerprint density at radius 1 is 1.31 bits per heavy atom. The largest absolute Gasteiger partial charge is 0.435 e. The van der Waals surface area contributed by atoms with E-state index in [4.69, 9.17) is 5.26 Å². The van der Waals surface area contributed by atoms with Crippen molar-refractivity contribution >= 4 is 29.3 Å². The molecule has 0 aliphatic heterocycles. The molecule has 1 amide bonds. The third-order valence-electron chi connectivity index (χ3n) is 5.26. The average molecular weight is 496 g/mol. The lowest BCUT2D eigenvalue weighted by molar-refractivity contribution is -0.141. The maximum Gasteiger partial charge on any atom is 0.435 e. The van der Waals surface area contributed by atoms with Gasteiger partial charge in [0.2, 0.25) is 0 Å². The Labute approximate surface area is 202 Å². The number of benzene rings is 1. The number of anilines is 2. The predicted molar refractivity (Wildman–Crippen MR) is 122 cm³/mol. The lowest BCUT2D eigenvalue weighted by Crippen LogP contribution is -2.33. The summed E-state index contributed by atoms with van der Waals surface area (Å²) < 4.78 is 43.2. The number of halogens is 3. The van der Waals surface area contributed by atoms with Gasteiger partial charge in [0, 0.05) is 29.8 Å². The van der Waals surface area contributed by atoms with E-state index in [-0.39, 0.29) is 29.3 Å². The summed E-state index contributed by atoms with van der Waals surface area (Å²) in [6, 6.07) is 6.06. The molecule has 0 saturated carbocycles. The van der Waals surface area contributed by atoms with E-state index >= 15 is 0 Å². The van der Waals surface area contributed by atoms with Gasteiger partial charge in [-0.3, -0.25) is 13.9 Å². The molecule has 4 rings (SSSR count). The first-order valence-electron chi connectivity index (χ1n) is 10.6. The van der Waals surface area contributed by atoms with Crippen molar-refractivity contribution in [2.24, 2.45) is 0 Å². The number of aldehydes is 1. The van der Waals surface area contributed by atoms with Crippen LogP contribution in [0.4, 0.5) is 24.7 Å². The van der Waals surface area contributed by atoms with Crippen LogP contribution in [0.1, 0.15) is 28.5 Å². The van der Waals surface area contributed by atoms with Crippen molar-refractivity contribution in [2.75, 3.05) is 5.32 Å². The molecule has 0 saturated heterocycles. The highest BCUT2D eigenvalue weighted by atomic mass is 19.4. The summed E-state index contributed by atoms with van der Waals surface area (Å²) >= 11 is 0. The second-order valence-corrected chi connectivity index (χ2v) is 7.91. The summed E-state index contributed by atoms with van der Waals surface area (Å²) in [5.41, 5.74) is 0.615. The van der Waals surface area contributed by atoms with Gasteiger partial charge in [0.05, 0.1) is 29.6 Å². The number of aromatic nitrogens is 5.